The van der Waals surface area contributed by atoms with E-state index >= 15 is 0 Å². The van der Waals surface area contributed by atoms with E-state index in [0.29, 0.717) is 37.3 Å². The summed E-state index contributed by atoms with van der Waals surface area (Å²) in [6, 6.07) is 9.97. The van der Waals surface area contributed by atoms with Gasteiger partial charge in [-0.2, -0.15) is 0 Å². The first-order valence-corrected chi connectivity index (χ1v) is 11.2. The minimum atomic E-state index is -1.01. The van der Waals surface area contributed by atoms with E-state index < -0.39 is 5.41 Å². The van der Waals surface area contributed by atoms with Crippen LogP contribution in [0.1, 0.15) is 51.0 Å². The first kappa shape index (κ1) is 19.6. The summed E-state index contributed by atoms with van der Waals surface area (Å²) >= 11 is 0. The summed E-state index contributed by atoms with van der Waals surface area (Å²) in [6.07, 6.45) is 5.14. The van der Waals surface area contributed by atoms with Gasteiger partial charge in [0.2, 0.25) is 17.7 Å². The van der Waals surface area contributed by atoms with Crippen molar-refractivity contribution < 1.29 is 14.4 Å². The van der Waals surface area contributed by atoms with Gasteiger partial charge in [-0.3, -0.25) is 14.4 Å². The molecule has 4 aliphatic carbocycles. The molecule has 4 unspecified atom stereocenters. The van der Waals surface area contributed by atoms with Crippen LogP contribution < -0.4 is 11.1 Å². The lowest BCUT2D eigenvalue weighted by Crippen LogP contribution is -2.63. The lowest BCUT2D eigenvalue weighted by atomic mass is 9.47. The van der Waals surface area contributed by atoms with E-state index in [-0.39, 0.29) is 29.2 Å². The van der Waals surface area contributed by atoms with Crippen LogP contribution in [0, 0.1) is 28.6 Å². The van der Waals surface area contributed by atoms with E-state index in [1.807, 2.05) is 30.3 Å². The van der Waals surface area contributed by atoms with E-state index in [4.69, 9.17) is 5.73 Å². The second-order valence-corrected chi connectivity index (χ2v) is 10.4. The van der Waals surface area contributed by atoms with Crippen LogP contribution in [-0.4, -0.2) is 35.2 Å². The molecule has 1 aromatic rings. The topological polar surface area (TPSA) is 92.5 Å². The van der Waals surface area contributed by atoms with Crippen LogP contribution in [0.2, 0.25) is 0 Å². The third-order valence-electron chi connectivity index (χ3n) is 8.45. The SMILES string of the molecule is CC1(C(=O)NC2[C@@H]3CC4C[C@H]2CC(C(N)=O)(C4)C3)CCN(Cc2ccccc2)C1=O. The van der Waals surface area contributed by atoms with Gasteiger partial charge in [0.1, 0.15) is 5.41 Å². The summed E-state index contributed by atoms with van der Waals surface area (Å²) in [7, 11) is 0. The highest BCUT2D eigenvalue weighted by atomic mass is 16.2. The second-order valence-electron chi connectivity index (χ2n) is 10.4. The third-order valence-corrected chi connectivity index (χ3v) is 8.45. The molecule has 6 heteroatoms. The van der Waals surface area contributed by atoms with Crippen LogP contribution in [0.15, 0.2) is 30.3 Å². The van der Waals surface area contributed by atoms with Gasteiger partial charge >= 0.3 is 0 Å². The van der Waals surface area contributed by atoms with Crippen molar-refractivity contribution in [3.8, 4) is 0 Å². The Morgan fingerprint density at radius 3 is 2.43 bits per heavy atom. The molecule has 3 amide bonds. The number of nitrogens with two attached hydrogens (primary N) is 1. The van der Waals surface area contributed by atoms with E-state index in [9.17, 15) is 14.4 Å². The molecule has 4 bridgehead atoms. The Labute approximate surface area is 177 Å². The molecule has 160 valence electrons. The number of likely N-dealkylation sites (tertiary alicyclic amines) is 1. The molecule has 6 nitrogen and oxygen atoms in total. The van der Waals surface area contributed by atoms with Crippen LogP contribution >= 0.6 is 0 Å². The van der Waals surface area contributed by atoms with Crippen LogP contribution in [0.4, 0.5) is 0 Å². The summed E-state index contributed by atoms with van der Waals surface area (Å²) in [5.74, 6) is 0.755. The highest BCUT2D eigenvalue weighted by Gasteiger charge is 2.59. The molecule has 3 N–H and O–H groups in total. The predicted octanol–water partition coefficient (Wildman–Crippen LogP) is 2.22. The molecule has 30 heavy (non-hydrogen) atoms. The van der Waals surface area contributed by atoms with Crippen molar-refractivity contribution in [2.45, 2.75) is 58.0 Å². The van der Waals surface area contributed by atoms with Gasteiger partial charge in [-0.15, -0.1) is 0 Å². The van der Waals surface area contributed by atoms with E-state index in [2.05, 4.69) is 5.32 Å². The average Bonchev–Trinajstić information content (AvgIpc) is 3.00. The van der Waals surface area contributed by atoms with Crippen molar-refractivity contribution in [1.82, 2.24) is 10.2 Å². The maximum absolute atomic E-state index is 13.3. The van der Waals surface area contributed by atoms with Gasteiger partial charge in [0.25, 0.3) is 0 Å². The Hall–Kier alpha value is -2.37. The summed E-state index contributed by atoms with van der Waals surface area (Å²) in [6.45, 7) is 2.93. The zero-order valence-electron chi connectivity index (χ0n) is 17.6. The smallest absolute Gasteiger partial charge is 0.238 e. The summed E-state index contributed by atoms with van der Waals surface area (Å²) < 4.78 is 0. The van der Waals surface area contributed by atoms with Gasteiger partial charge in [0.15, 0.2) is 0 Å². The molecule has 1 aliphatic heterocycles. The Bertz CT molecular complexity index is 869. The fourth-order valence-electron chi connectivity index (χ4n) is 6.95. The van der Waals surface area contributed by atoms with Gasteiger partial charge in [0, 0.05) is 24.5 Å². The van der Waals surface area contributed by atoms with E-state index in [1.165, 1.54) is 0 Å². The Balaban J connectivity index is 1.28. The number of primary amides is 1. The Kier molecular flexibility index (Phi) is 4.46. The molecule has 1 aromatic carbocycles. The molecule has 5 aliphatic rings. The van der Waals surface area contributed by atoms with Gasteiger partial charge in [-0.05, 0) is 68.8 Å². The first-order chi connectivity index (χ1) is 14.3. The molecule has 4 saturated carbocycles. The van der Waals surface area contributed by atoms with Crippen LogP contribution in [0.3, 0.4) is 0 Å². The number of nitrogens with zero attached hydrogens (tertiary/aromatic N) is 1. The van der Waals surface area contributed by atoms with Crippen molar-refractivity contribution in [3.05, 3.63) is 35.9 Å². The molecule has 6 atom stereocenters. The summed E-state index contributed by atoms with van der Waals surface area (Å²) in [5, 5.41) is 3.28. The van der Waals surface area contributed by atoms with Gasteiger partial charge in [-0.1, -0.05) is 30.3 Å². The zero-order valence-corrected chi connectivity index (χ0v) is 17.6. The summed E-state index contributed by atoms with van der Waals surface area (Å²) in [5.41, 5.74) is 5.48. The highest BCUT2D eigenvalue weighted by Crippen LogP contribution is 2.60. The number of benzene rings is 1. The molecule has 0 radical (unpaired) electrons. The molecule has 1 saturated heterocycles. The van der Waals surface area contributed by atoms with E-state index in [1.54, 1.807) is 11.8 Å². The monoisotopic (exact) mass is 409 g/mol. The van der Waals surface area contributed by atoms with Crippen molar-refractivity contribution in [3.63, 3.8) is 0 Å². The maximum atomic E-state index is 13.3. The quantitative estimate of drug-likeness (QED) is 0.731. The normalized spacial score (nSPS) is 39.4. The fraction of sp³-hybridized carbons (Fsp3) is 0.625. The Morgan fingerprint density at radius 1 is 1.13 bits per heavy atom. The molecular weight excluding hydrogens is 378 g/mol. The lowest BCUT2D eigenvalue weighted by molar-refractivity contribution is -0.151. The number of rotatable bonds is 5. The average molecular weight is 410 g/mol. The van der Waals surface area contributed by atoms with Crippen LogP contribution in [-0.2, 0) is 20.9 Å². The molecule has 0 aromatic heterocycles. The van der Waals surface area contributed by atoms with Gasteiger partial charge < -0.3 is 16.0 Å². The minimum Gasteiger partial charge on any atom is -0.369 e. The minimum absolute atomic E-state index is 0.0642. The van der Waals surface area contributed by atoms with Crippen molar-refractivity contribution in [2.24, 2.45) is 34.3 Å². The molecule has 0 spiro atoms. The number of nitrogens with one attached hydrogen (secondary N) is 1. The van der Waals surface area contributed by atoms with Gasteiger partial charge in [0.05, 0.1) is 0 Å². The number of hydrogen-bond acceptors (Lipinski definition) is 3. The zero-order chi connectivity index (χ0) is 21.1. The maximum Gasteiger partial charge on any atom is 0.238 e. The number of carbonyl (C=O) groups excluding carboxylic acids is 3. The first-order valence-electron chi connectivity index (χ1n) is 11.2. The van der Waals surface area contributed by atoms with Gasteiger partial charge in [-0.25, -0.2) is 0 Å². The summed E-state index contributed by atoms with van der Waals surface area (Å²) in [4.78, 5) is 40.5. The molecule has 1 heterocycles. The highest BCUT2D eigenvalue weighted by molar-refractivity contribution is 6.06. The molecular formula is C24H31N3O3. The molecule has 5 fully saturated rings. The number of amides is 3. The third kappa shape index (κ3) is 2.95. The predicted molar refractivity (Wildman–Crippen MR) is 112 cm³/mol. The lowest BCUT2D eigenvalue weighted by Gasteiger charge is -2.59. The fourth-order valence-corrected chi connectivity index (χ4v) is 6.95. The second kappa shape index (κ2) is 6.82. The van der Waals surface area contributed by atoms with Crippen molar-refractivity contribution in [1.29, 1.82) is 0 Å². The number of hydrogen-bond donors (Lipinski definition) is 2. The molecule has 6 rings (SSSR count). The van der Waals surface area contributed by atoms with Crippen LogP contribution in [0.25, 0.3) is 0 Å². The largest absolute Gasteiger partial charge is 0.369 e. The van der Waals surface area contributed by atoms with Crippen LogP contribution in [0.5, 0.6) is 0 Å². The van der Waals surface area contributed by atoms with Crippen molar-refractivity contribution >= 4 is 17.7 Å². The van der Waals surface area contributed by atoms with E-state index in [0.717, 1.165) is 37.7 Å². The standard InChI is InChI=1S/C24H31N3O3/c1-23(7-8-27(22(23)30)14-15-5-3-2-4-6-15)21(29)26-19-17-9-16-10-18(19)13-24(11-16,12-17)20(25)28/h2-6,16-19H,7-14H2,1H3,(H2,25,28)(H,26,29)/t16?,17-,18+,19?,23?,24?. The Morgan fingerprint density at radius 2 is 1.80 bits per heavy atom. The number of carbonyl (C=O) groups is 3. The van der Waals surface area contributed by atoms with Crippen molar-refractivity contribution in [2.75, 3.05) is 6.54 Å².